The number of amides is 1. The van der Waals surface area contributed by atoms with Crippen molar-refractivity contribution in [2.24, 2.45) is 5.92 Å². The zero-order valence-corrected chi connectivity index (χ0v) is 12.1. The van der Waals surface area contributed by atoms with Gasteiger partial charge in [0.15, 0.2) is 0 Å². The van der Waals surface area contributed by atoms with Gasteiger partial charge < -0.3 is 4.90 Å². The van der Waals surface area contributed by atoms with Gasteiger partial charge in [-0.3, -0.25) is 10.1 Å². The molecule has 0 radical (unpaired) electrons. The third kappa shape index (κ3) is 3.32. The summed E-state index contributed by atoms with van der Waals surface area (Å²) in [4.78, 5) is 14.4. The van der Waals surface area contributed by atoms with E-state index in [2.05, 4.69) is 5.32 Å². The van der Waals surface area contributed by atoms with Crippen LogP contribution >= 0.6 is 11.3 Å². The minimum Gasteiger partial charge on any atom is -0.320 e. The van der Waals surface area contributed by atoms with Crippen molar-refractivity contribution < 1.29 is 18.0 Å². The molecule has 20 heavy (non-hydrogen) atoms. The van der Waals surface area contributed by atoms with Crippen molar-refractivity contribution in [3.63, 3.8) is 0 Å². The second-order valence-electron chi connectivity index (χ2n) is 5.20. The third-order valence-corrected chi connectivity index (χ3v) is 4.24. The maximum Gasteiger partial charge on any atom is 0.390 e. The van der Waals surface area contributed by atoms with E-state index in [1.807, 2.05) is 31.4 Å². The number of alkyl halides is 3. The van der Waals surface area contributed by atoms with Gasteiger partial charge in [0.25, 0.3) is 0 Å². The Bertz CT molecular complexity index is 459. The van der Waals surface area contributed by atoms with E-state index in [4.69, 9.17) is 0 Å². The molecular formula is C13H17F3N2OS. The lowest BCUT2D eigenvalue weighted by Crippen LogP contribution is -2.35. The highest BCUT2D eigenvalue weighted by Gasteiger charge is 2.42. The van der Waals surface area contributed by atoms with Gasteiger partial charge >= 0.3 is 6.18 Å². The van der Waals surface area contributed by atoms with Crippen LogP contribution in [0, 0.1) is 5.92 Å². The molecule has 1 fully saturated rings. The summed E-state index contributed by atoms with van der Waals surface area (Å²) in [6.45, 7) is 3.46. The molecule has 1 saturated heterocycles. The molecule has 0 aromatic carbocycles. The minimum absolute atomic E-state index is 0.0425. The number of hydrogen-bond acceptors (Lipinski definition) is 3. The van der Waals surface area contributed by atoms with Crippen LogP contribution < -0.4 is 5.32 Å². The highest BCUT2D eigenvalue weighted by Crippen LogP contribution is 2.32. The minimum atomic E-state index is -4.25. The van der Waals surface area contributed by atoms with Crippen LogP contribution in [0.5, 0.6) is 0 Å². The first-order chi connectivity index (χ1) is 9.29. The summed E-state index contributed by atoms with van der Waals surface area (Å²) >= 11 is 1.44. The zero-order valence-electron chi connectivity index (χ0n) is 11.3. The molecule has 3 nitrogen and oxygen atoms in total. The number of rotatable bonds is 4. The zero-order chi connectivity index (χ0) is 14.9. The van der Waals surface area contributed by atoms with E-state index in [1.54, 1.807) is 0 Å². The number of nitrogens with one attached hydrogen (secondary N) is 1. The second-order valence-corrected chi connectivity index (χ2v) is 6.18. The summed E-state index contributed by atoms with van der Waals surface area (Å²) in [7, 11) is 0. The molecule has 2 rings (SSSR count). The number of halogens is 3. The van der Waals surface area contributed by atoms with Crippen LogP contribution in [-0.2, 0) is 4.79 Å². The lowest BCUT2D eigenvalue weighted by molar-refractivity contribution is -0.145. The lowest BCUT2D eigenvalue weighted by Gasteiger charge is -2.23. The molecule has 0 bridgehead atoms. The summed E-state index contributed by atoms with van der Waals surface area (Å²) in [6, 6.07) is 3.24. The average Bonchev–Trinajstić information content (AvgIpc) is 2.92. The SMILES string of the molecule is CC(C)C1NC(c2cccs2)N(CCC(F)(F)F)C1=O. The highest BCUT2D eigenvalue weighted by atomic mass is 32.1. The molecule has 112 valence electrons. The second kappa shape index (κ2) is 5.73. The van der Waals surface area contributed by atoms with Crippen LogP contribution in [0.25, 0.3) is 0 Å². The molecule has 2 heterocycles. The first-order valence-electron chi connectivity index (χ1n) is 6.46. The predicted octanol–water partition coefficient (Wildman–Crippen LogP) is 3.16. The summed E-state index contributed by atoms with van der Waals surface area (Å²) in [5.41, 5.74) is 0. The van der Waals surface area contributed by atoms with E-state index in [-0.39, 0.29) is 18.4 Å². The van der Waals surface area contributed by atoms with E-state index in [0.29, 0.717) is 0 Å². The van der Waals surface area contributed by atoms with Crippen molar-refractivity contribution in [3.8, 4) is 0 Å². The average molecular weight is 306 g/mol. The van der Waals surface area contributed by atoms with E-state index < -0.39 is 24.8 Å². The molecule has 1 aromatic rings. The summed E-state index contributed by atoms with van der Waals surface area (Å²) in [5, 5.41) is 5.00. The molecule has 2 unspecified atom stereocenters. The Morgan fingerprint density at radius 2 is 2.15 bits per heavy atom. The highest BCUT2D eigenvalue weighted by molar-refractivity contribution is 7.10. The van der Waals surface area contributed by atoms with Crippen molar-refractivity contribution in [2.75, 3.05) is 6.54 Å². The molecule has 2 atom stereocenters. The van der Waals surface area contributed by atoms with Crippen molar-refractivity contribution in [1.82, 2.24) is 10.2 Å². The summed E-state index contributed by atoms with van der Waals surface area (Å²) in [5.74, 6) is -0.205. The van der Waals surface area contributed by atoms with Crippen molar-refractivity contribution >= 4 is 17.2 Å². The van der Waals surface area contributed by atoms with Crippen molar-refractivity contribution in [2.45, 2.75) is 38.7 Å². The van der Waals surface area contributed by atoms with Gasteiger partial charge in [-0.15, -0.1) is 11.3 Å². The predicted molar refractivity (Wildman–Crippen MR) is 71.2 cm³/mol. The van der Waals surface area contributed by atoms with Crippen LogP contribution in [0.3, 0.4) is 0 Å². The molecule has 1 aliphatic heterocycles. The Labute approximate surface area is 119 Å². The first kappa shape index (κ1) is 15.3. The Balaban J connectivity index is 2.17. The maximum atomic E-state index is 12.4. The number of nitrogens with zero attached hydrogens (tertiary/aromatic N) is 1. The molecule has 7 heteroatoms. The van der Waals surface area contributed by atoms with Crippen LogP contribution in [0.1, 0.15) is 31.3 Å². The first-order valence-corrected chi connectivity index (χ1v) is 7.34. The molecule has 0 aliphatic carbocycles. The quantitative estimate of drug-likeness (QED) is 0.927. The van der Waals surface area contributed by atoms with E-state index >= 15 is 0 Å². The van der Waals surface area contributed by atoms with Gasteiger partial charge in [-0.05, 0) is 17.4 Å². The van der Waals surface area contributed by atoms with Gasteiger partial charge in [-0.25, -0.2) is 0 Å². The smallest absolute Gasteiger partial charge is 0.320 e. The van der Waals surface area contributed by atoms with E-state index in [9.17, 15) is 18.0 Å². The van der Waals surface area contributed by atoms with E-state index in [1.165, 1.54) is 16.2 Å². The van der Waals surface area contributed by atoms with Gasteiger partial charge in [-0.1, -0.05) is 19.9 Å². The molecule has 0 spiro atoms. The Hall–Kier alpha value is -1.08. The number of thiophene rings is 1. The Kier molecular flexibility index (Phi) is 4.39. The van der Waals surface area contributed by atoms with Crippen molar-refractivity contribution in [3.05, 3.63) is 22.4 Å². The molecule has 1 N–H and O–H groups in total. The lowest BCUT2D eigenvalue weighted by atomic mass is 10.1. The van der Waals surface area contributed by atoms with Crippen LogP contribution in [0.2, 0.25) is 0 Å². The van der Waals surface area contributed by atoms with Crippen LogP contribution in [-0.4, -0.2) is 29.6 Å². The maximum absolute atomic E-state index is 12.4. The Morgan fingerprint density at radius 3 is 2.65 bits per heavy atom. The van der Waals surface area contributed by atoms with E-state index in [0.717, 1.165) is 4.88 Å². The molecule has 0 saturated carbocycles. The van der Waals surface area contributed by atoms with Gasteiger partial charge in [0.1, 0.15) is 6.17 Å². The largest absolute Gasteiger partial charge is 0.390 e. The number of hydrogen-bond donors (Lipinski definition) is 1. The molecular weight excluding hydrogens is 289 g/mol. The van der Waals surface area contributed by atoms with Gasteiger partial charge in [0.05, 0.1) is 12.5 Å². The normalized spacial score (nSPS) is 23.9. The molecule has 1 amide bonds. The van der Waals surface area contributed by atoms with Gasteiger partial charge in [0.2, 0.25) is 5.91 Å². The van der Waals surface area contributed by atoms with Crippen molar-refractivity contribution in [1.29, 1.82) is 0 Å². The fraction of sp³-hybridized carbons (Fsp3) is 0.615. The van der Waals surface area contributed by atoms with Crippen LogP contribution in [0.4, 0.5) is 13.2 Å². The Morgan fingerprint density at radius 1 is 1.45 bits per heavy atom. The topological polar surface area (TPSA) is 32.3 Å². The summed E-state index contributed by atoms with van der Waals surface area (Å²) < 4.78 is 37.2. The standard InChI is InChI=1S/C13H17F3N2OS/c1-8(2)10-12(19)18(6-5-13(14,15)16)11(17-10)9-4-3-7-20-9/h3-4,7-8,10-11,17H,5-6H2,1-2H3. The van der Waals surface area contributed by atoms with Gasteiger partial charge in [-0.2, -0.15) is 13.2 Å². The fourth-order valence-electron chi connectivity index (χ4n) is 2.28. The number of carbonyl (C=O) groups is 1. The summed E-state index contributed by atoms with van der Waals surface area (Å²) in [6.07, 6.45) is -5.68. The fourth-order valence-corrected chi connectivity index (χ4v) is 3.08. The molecule has 1 aliphatic rings. The third-order valence-electron chi connectivity index (χ3n) is 3.31. The number of carbonyl (C=O) groups excluding carboxylic acids is 1. The monoisotopic (exact) mass is 306 g/mol. The van der Waals surface area contributed by atoms with Gasteiger partial charge in [0, 0.05) is 11.4 Å². The molecule has 1 aromatic heterocycles. The van der Waals surface area contributed by atoms with Crippen LogP contribution in [0.15, 0.2) is 17.5 Å².